The third kappa shape index (κ3) is 4.13. The molecule has 0 saturated carbocycles. The fraction of sp³-hybridized carbons (Fsp3) is 0.100. The van der Waals surface area contributed by atoms with Gasteiger partial charge in [-0.25, -0.2) is 4.98 Å². The number of aryl methyl sites for hydroxylation is 1. The maximum absolute atomic E-state index is 12.2. The number of imidazole rings is 1. The maximum Gasteiger partial charge on any atom is 0.262 e. The number of para-hydroxylation sites is 1. The molecule has 3 aromatic rings. The topological polar surface area (TPSA) is 56.1 Å². The standard InChI is InChI=1S/C20H18ClN3O2/c1-14-7-8-16(11-18(14)21)23-20(25)12-26-19-6-4-3-5-17(19)15(2)24-10-9-22-13-24/h3-11,13H,2,12H2,1H3,(H,23,25). The molecule has 1 heterocycles. The normalized spacial score (nSPS) is 10.4. The number of carbonyl (C=O) groups is 1. The van der Waals surface area contributed by atoms with Crippen molar-refractivity contribution >= 4 is 28.9 Å². The Morgan fingerprint density at radius 3 is 2.85 bits per heavy atom. The van der Waals surface area contributed by atoms with Crippen LogP contribution in [0.5, 0.6) is 5.75 Å². The Kier molecular flexibility index (Phi) is 5.39. The van der Waals surface area contributed by atoms with Gasteiger partial charge in [-0.1, -0.05) is 36.4 Å². The zero-order valence-corrected chi connectivity index (χ0v) is 15.0. The lowest BCUT2D eigenvalue weighted by molar-refractivity contribution is -0.118. The zero-order valence-electron chi connectivity index (χ0n) is 14.3. The van der Waals surface area contributed by atoms with E-state index in [-0.39, 0.29) is 12.5 Å². The molecule has 0 aliphatic carbocycles. The van der Waals surface area contributed by atoms with Gasteiger partial charge in [0.2, 0.25) is 0 Å². The van der Waals surface area contributed by atoms with Crippen LogP contribution in [-0.4, -0.2) is 22.1 Å². The number of carbonyl (C=O) groups excluding carboxylic acids is 1. The molecule has 132 valence electrons. The van der Waals surface area contributed by atoms with Crippen molar-refractivity contribution in [3.05, 3.63) is 83.9 Å². The van der Waals surface area contributed by atoms with Gasteiger partial charge in [0, 0.05) is 28.7 Å². The van der Waals surface area contributed by atoms with E-state index in [1.54, 1.807) is 41.5 Å². The Balaban J connectivity index is 1.67. The van der Waals surface area contributed by atoms with Crippen molar-refractivity contribution < 1.29 is 9.53 Å². The van der Waals surface area contributed by atoms with E-state index in [0.29, 0.717) is 22.2 Å². The van der Waals surface area contributed by atoms with Crippen LogP contribution in [0.1, 0.15) is 11.1 Å². The summed E-state index contributed by atoms with van der Waals surface area (Å²) in [7, 11) is 0. The predicted octanol–water partition coefficient (Wildman–Crippen LogP) is 4.38. The van der Waals surface area contributed by atoms with Crippen molar-refractivity contribution in [2.75, 3.05) is 11.9 Å². The number of benzene rings is 2. The van der Waals surface area contributed by atoms with Gasteiger partial charge in [0.1, 0.15) is 5.75 Å². The number of anilines is 1. The molecule has 0 bridgehead atoms. The van der Waals surface area contributed by atoms with Gasteiger partial charge in [0.15, 0.2) is 6.61 Å². The highest BCUT2D eigenvalue weighted by Crippen LogP contribution is 2.26. The Hall–Kier alpha value is -3.05. The summed E-state index contributed by atoms with van der Waals surface area (Å²) in [4.78, 5) is 16.2. The van der Waals surface area contributed by atoms with Gasteiger partial charge in [-0.05, 0) is 36.8 Å². The molecule has 1 aromatic heterocycles. The van der Waals surface area contributed by atoms with E-state index in [2.05, 4.69) is 16.9 Å². The van der Waals surface area contributed by atoms with Crippen molar-refractivity contribution in [3.8, 4) is 5.75 Å². The summed E-state index contributed by atoms with van der Waals surface area (Å²) in [6, 6.07) is 12.8. The predicted molar refractivity (Wildman–Crippen MR) is 103 cm³/mol. The van der Waals surface area contributed by atoms with Crippen LogP contribution in [0.15, 0.2) is 67.8 Å². The molecule has 0 spiro atoms. The molecule has 0 saturated heterocycles. The third-order valence-electron chi connectivity index (χ3n) is 3.83. The van der Waals surface area contributed by atoms with Crippen LogP contribution >= 0.6 is 11.6 Å². The van der Waals surface area contributed by atoms with E-state index in [1.807, 2.05) is 31.2 Å². The minimum absolute atomic E-state index is 0.125. The van der Waals surface area contributed by atoms with Gasteiger partial charge in [-0.2, -0.15) is 0 Å². The van der Waals surface area contributed by atoms with E-state index in [1.165, 1.54) is 0 Å². The van der Waals surface area contributed by atoms with Crippen LogP contribution in [0.4, 0.5) is 5.69 Å². The molecule has 0 atom stereocenters. The molecule has 26 heavy (non-hydrogen) atoms. The largest absolute Gasteiger partial charge is 0.483 e. The molecule has 2 aromatic carbocycles. The molecule has 0 radical (unpaired) electrons. The molecule has 6 heteroatoms. The van der Waals surface area contributed by atoms with Gasteiger partial charge in [0.25, 0.3) is 5.91 Å². The van der Waals surface area contributed by atoms with Crippen molar-refractivity contribution in [2.24, 2.45) is 0 Å². The minimum atomic E-state index is -0.270. The maximum atomic E-state index is 12.2. The third-order valence-corrected chi connectivity index (χ3v) is 4.24. The average molecular weight is 368 g/mol. The van der Waals surface area contributed by atoms with Crippen molar-refractivity contribution in [1.82, 2.24) is 9.55 Å². The van der Waals surface area contributed by atoms with Crippen LogP contribution in [0.25, 0.3) is 5.70 Å². The Bertz CT molecular complexity index is 936. The number of hydrogen-bond acceptors (Lipinski definition) is 3. The van der Waals surface area contributed by atoms with Crippen molar-refractivity contribution in [2.45, 2.75) is 6.92 Å². The minimum Gasteiger partial charge on any atom is -0.483 e. The van der Waals surface area contributed by atoms with E-state index in [9.17, 15) is 4.79 Å². The molecule has 3 rings (SSSR count). The van der Waals surface area contributed by atoms with Crippen LogP contribution < -0.4 is 10.1 Å². The monoisotopic (exact) mass is 367 g/mol. The number of halogens is 1. The number of nitrogens with zero attached hydrogens (tertiary/aromatic N) is 2. The zero-order chi connectivity index (χ0) is 18.5. The van der Waals surface area contributed by atoms with E-state index in [4.69, 9.17) is 16.3 Å². The molecule has 0 aliphatic heterocycles. The van der Waals surface area contributed by atoms with E-state index >= 15 is 0 Å². The molecule has 0 unspecified atom stereocenters. The first-order chi connectivity index (χ1) is 12.5. The number of ether oxygens (including phenoxy) is 1. The summed E-state index contributed by atoms with van der Waals surface area (Å²) in [5.74, 6) is 0.302. The Morgan fingerprint density at radius 1 is 1.31 bits per heavy atom. The lowest BCUT2D eigenvalue weighted by atomic mass is 10.1. The molecular weight excluding hydrogens is 350 g/mol. The Labute approximate surface area is 156 Å². The quantitative estimate of drug-likeness (QED) is 0.703. The highest BCUT2D eigenvalue weighted by molar-refractivity contribution is 6.31. The van der Waals surface area contributed by atoms with Gasteiger partial charge in [0.05, 0.1) is 12.0 Å². The Morgan fingerprint density at radius 2 is 2.12 bits per heavy atom. The van der Waals surface area contributed by atoms with Crippen LogP contribution in [-0.2, 0) is 4.79 Å². The van der Waals surface area contributed by atoms with Crippen molar-refractivity contribution in [3.63, 3.8) is 0 Å². The molecule has 0 fully saturated rings. The van der Waals surface area contributed by atoms with Crippen LogP contribution in [0.2, 0.25) is 5.02 Å². The first-order valence-electron chi connectivity index (χ1n) is 8.00. The molecule has 1 N–H and O–H groups in total. The van der Waals surface area contributed by atoms with Crippen LogP contribution in [0, 0.1) is 6.92 Å². The fourth-order valence-electron chi connectivity index (χ4n) is 2.40. The molecular formula is C20H18ClN3O2. The number of hydrogen-bond donors (Lipinski definition) is 1. The molecule has 0 aliphatic rings. The van der Waals surface area contributed by atoms with Gasteiger partial charge >= 0.3 is 0 Å². The first-order valence-corrected chi connectivity index (χ1v) is 8.38. The lowest BCUT2D eigenvalue weighted by Crippen LogP contribution is -2.20. The number of rotatable bonds is 6. The van der Waals surface area contributed by atoms with Crippen LogP contribution in [0.3, 0.4) is 0 Å². The second kappa shape index (κ2) is 7.89. The summed E-state index contributed by atoms with van der Waals surface area (Å²) >= 11 is 6.08. The SMILES string of the molecule is C=C(c1ccccc1OCC(=O)Nc1ccc(C)c(Cl)c1)n1ccnc1. The average Bonchev–Trinajstić information content (AvgIpc) is 3.17. The smallest absolute Gasteiger partial charge is 0.262 e. The summed E-state index contributed by atoms with van der Waals surface area (Å²) < 4.78 is 7.49. The second-order valence-corrected chi connectivity index (χ2v) is 6.12. The fourth-order valence-corrected chi connectivity index (χ4v) is 2.58. The number of aromatic nitrogens is 2. The summed E-state index contributed by atoms with van der Waals surface area (Å²) in [6.45, 7) is 5.85. The highest BCUT2D eigenvalue weighted by atomic mass is 35.5. The van der Waals surface area contributed by atoms with Gasteiger partial charge < -0.3 is 14.6 Å². The first kappa shape index (κ1) is 17.8. The van der Waals surface area contributed by atoms with Crippen molar-refractivity contribution in [1.29, 1.82) is 0 Å². The molecule has 1 amide bonds. The van der Waals surface area contributed by atoms with Gasteiger partial charge in [-0.3, -0.25) is 4.79 Å². The summed E-state index contributed by atoms with van der Waals surface area (Å²) in [5.41, 5.74) is 3.08. The highest BCUT2D eigenvalue weighted by Gasteiger charge is 2.11. The van der Waals surface area contributed by atoms with Gasteiger partial charge in [-0.15, -0.1) is 0 Å². The second-order valence-electron chi connectivity index (χ2n) is 5.71. The summed E-state index contributed by atoms with van der Waals surface area (Å²) in [6.07, 6.45) is 5.13. The number of nitrogens with one attached hydrogen (secondary N) is 1. The molecule has 5 nitrogen and oxygen atoms in total. The number of amides is 1. The summed E-state index contributed by atoms with van der Waals surface area (Å²) in [5, 5.41) is 3.37. The lowest BCUT2D eigenvalue weighted by Gasteiger charge is -2.14. The van der Waals surface area contributed by atoms with E-state index in [0.717, 1.165) is 11.1 Å². The van der Waals surface area contributed by atoms with E-state index < -0.39 is 0 Å².